The van der Waals surface area contributed by atoms with Crippen LogP contribution in [0, 0.1) is 22.9 Å². The van der Waals surface area contributed by atoms with E-state index in [-0.39, 0.29) is 28.3 Å². The van der Waals surface area contributed by atoms with Crippen LogP contribution in [0.25, 0.3) is 10.9 Å². The average molecular weight is 515 g/mol. The van der Waals surface area contributed by atoms with E-state index in [1.807, 2.05) is 7.05 Å². The van der Waals surface area contributed by atoms with Gasteiger partial charge < -0.3 is 15.2 Å². The summed E-state index contributed by atoms with van der Waals surface area (Å²) in [5, 5.41) is 2.68. The summed E-state index contributed by atoms with van der Waals surface area (Å²) in [6.07, 6.45) is 3.83. The number of aromatic amines is 1. The lowest BCUT2D eigenvalue weighted by Gasteiger charge is -2.52. The van der Waals surface area contributed by atoms with Crippen molar-refractivity contribution in [2.45, 2.75) is 57.2 Å². The monoisotopic (exact) mass is 514 g/mol. The second kappa shape index (κ2) is 9.48. The van der Waals surface area contributed by atoms with E-state index in [1.54, 1.807) is 6.92 Å². The van der Waals surface area contributed by atoms with Gasteiger partial charge in [-0.2, -0.15) is 0 Å². The van der Waals surface area contributed by atoms with Gasteiger partial charge in [0.15, 0.2) is 0 Å². The fourth-order valence-electron chi connectivity index (χ4n) is 6.17. The van der Waals surface area contributed by atoms with Crippen LogP contribution < -0.4 is 16.6 Å². The van der Waals surface area contributed by atoms with Crippen molar-refractivity contribution in [3.8, 4) is 0 Å². The lowest BCUT2D eigenvalue weighted by atomic mass is 9.65. The minimum atomic E-state index is -1.21. The molecule has 10 heteroatoms. The Kier molecular flexibility index (Phi) is 6.47. The number of rotatable bonds is 6. The van der Waals surface area contributed by atoms with Gasteiger partial charge in [0.05, 0.1) is 16.9 Å². The molecule has 2 aromatic carbocycles. The van der Waals surface area contributed by atoms with Crippen LogP contribution in [0.4, 0.5) is 13.2 Å². The van der Waals surface area contributed by atoms with E-state index in [2.05, 4.69) is 15.2 Å². The van der Waals surface area contributed by atoms with Crippen molar-refractivity contribution in [2.24, 2.45) is 5.41 Å². The summed E-state index contributed by atoms with van der Waals surface area (Å²) in [7, 11) is 2.03. The van der Waals surface area contributed by atoms with Gasteiger partial charge in [-0.15, -0.1) is 0 Å². The molecular weight excluding hydrogens is 485 g/mol. The zero-order valence-corrected chi connectivity index (χ0v) is 20.7. The van der Waals surface area contributed by atoms with Crippen LogP contribution in [0.2, 0.25) is 0 Å². The number of hydrogen-bond donors (Lipinski definition) is 2. The molecule has 3 aliphatic rings. The van der Waals surface area contributed by atoms with E-state index in [1.165, 1.54) is 12.1 Å². The summed E-state index contributed by atoms with van der Waals surface area (Å²) in [4.78, 5) is 45.2. The van der Waals surface area contributed by atoms with Gasteiger partial charge in [-0.05, 0) is 75.8 Å². The highest BCUT2D eigenvalue weighted by molar-refractivity contribution is 5.82. The minimum Gasteiger partial charge on any atom is -0.348 e. The minimum absolute atomic E-state index is 0.0444. The first kappa shape index (κ1) is 25.3. The van der Waals surface area contributed by atoms with Gasteiger partial charge >= 0.3 is 5.69 Å². The third-order valence-corrected chi connectivity index (χ3v) is 8.14. The van der Waals surface area contributed by atoms with E-state index >= 15 is 0 Å². The molecule has 2 saturated heterocycles. The topological polar surface area (TPSA) is 87.2 Å². The second-order valence-corrected chi connectivity index (χ2v) is 10.6. The number of amides is 1. The summed E-state index contributed by atoms with van der Waals surface area (Å²) in [5.74, 6) is -2.83. The number of nitrogens with one attached hydrogen (secondary N) is 2. The third-order valence-electron chi connectivity index (χ3n) is 8.14. The van der Waals surface area contributed by atoms with Crippen molar-refractivity contribution in [1.82, 2.24) is 19.8 Å². The summed E-state index contributed by atoms with van der Waals surface area (Å²) in [5.41, 5.74) is -1.60. The first-order chi connectivity index (χ1) is 17.6. The molecule has 1 aliphatic carbocycles. The van der Waals surface area contributed by atoms with Gasteiger partial charge in [-0.25, -0.2) is 22.5 Å². The molecule has 2 atom stereocenters. The van der Waals surface area contributed by atoms with Gasteiger partial charge in [-0.3, -0.25) is 9.59 Å². The Bertz CT molecular complexity index is 1480. The highest BCUT2D eigenvalue weighted by Gasteiger charge is 2.46. The molecule has 6 rings (SSSR count). The molecule has 3 heterocycles. The van der Waals surface area contributed by atoms with Crippen molar-refractivity contribution in [1.29, 1.82) is 0 Å². The third kappa shape index (κ3) is 4.70. The van der Waals surface area contributed by atoms with Gasteiger partial charge in [0.2, 0.25) is 5.91 Å². The number of carbonyl (C=O) groups excluding carboxylic acids is 1. The molecule has 2 N–H and O–H groups in total. The molecule has 0 spiro atoms. The molecule has 0 unspecified atom stereocenters. The van der Waals surface area contributed by atoms with Gasteiger partial charge in [-0.1, -0.05) is 6.07 Å². The first-order valence-electron chi connectivity index (χ1n) is 12.5. The predicted octanol–water partition coefficient (Wildman–Crippen LogP) is 3.79. The molecule has 0 radical (unpaired) electrons. The van der Waals surface area contributed by atoms with Crippen LogP contribution in [0.15, 0.2) is 46.0 Å². The van der Waals surface area contributed by atoms with E-state index in [9.17, 15) is 27.6 Å². The first-order valence-corrected chi connectivity index (χ1v) is 12.5. The zero-order valence-electron chi connectivity index (χ0n) is 20.7. The molecular formula is C27H29F3N4O3. The quantitative estimate of drug-likeness (QED) is 0.524. The Morgan fingerprint density at radius 1 is 1.11 bits per heavy atom. The Balaban J connectivity index is 1.56. The lowest BCUT2D eigenvalue weighted by molar-refractivity contribution is -0.127. The van der Waals surface area contributed by atoms with Crippen molar-refractivity contribution < 1.29 is 18.0 Å². The molecule has 1 aromatic heterocycles. The highest BCUT2D eigenvalue weighted by atomic mass is 19.1. The maximum Gasteiger partial charge on any atom is 0.329 e. The van der Waals surface area contributed by atoms with E-state index in [0.717, 1.165) is 61.1 Å². The standard InChI is InChI=1S/C27H29F3N4O3/c1-15(19-5-3-17(29)12-21(19)30)31-24(35)23(13-27-9-7-18(8-10-27)33(2)14-27)34-25(36)20-11-16(28)4-6-22(20)32-26(34)37/h3-6,11-12,15,18,23H,7-10,13-14H2,1-2H3,(H,31,35)(H,32,37)/t15-,18?,23+,27?/m1/s1. The van der Waals surface area contributed by atoms with Crippen LogP contribution in [0.3, 0.4) is 0 Å². The van der Waals surface area contributed by atoms with Crippen LogP contribution in [-0.2, 0) is 4.79 Å². The Labute approximate surface area is 211 Å². The normalized spacial score (nSPS) is 23.2. The van der Waals surface area contributed by atoms with E-state index in [4.69, 9.17) is 0 Å². The van der Waals surface area contributed by atoms with Crippen molar-refractivity contribution in [2.75, 3.05) is 13.6 Å². The summed E-state index contributed by atoms with van der Waals surface area (Å²) >= 11 is 0. The zero-order chi connectivity index (χ0) is 26.5. The number of nitrogens with zero attached hydrogens (tertiary/aromatic N) is 2. The summed E-state index contributed by atoms with van der Waals surface area (Å²) < 4.78 is 42.7. The number of piperidine rings is 2. The number of fused-ring (bicyclic) bond motifs is 4. The average Bonchev–Trinajstić information content (AvgIpc) is 2.84. The number of halogens is 3. The molecule has 37 heavy (non-hydrogen) atoms. The Morgan fingerprint density at radius 3 is 2.46 bits per heavy atom. The predicted molar refractivity (Wildman–Crippen MR) is 133 cm³/mol. The molecule has 196 valence electrons. The SMILES string of the molecule is C[C@@H](NC(=O)[C@H](CC12CCC(CC1)N(C)C2)n1c(=O)[nH]c2ccc(F)cc2c1=O)c1ccc(F)cc1F. The maximum absolute atomic E-state index is 14.4. The molecule has 3 fully saturated rings. The fraction of sp³-hybridized carbons (Fsp3) is 0.444. The van der Waals surface area contributed by atoms with Gasteiger partial charge in [0, 0.05) is 24.2 Å². The van der Waals surface area contributed by atoms with Gasteiger partial charge in [0.1, 0.15) is 23.5 Å². The molecule has 2 bridgehead atoms. The largest absolute Gasteiger partial charge is 0.348 e. The van der Waals surface area contributed by atoms with Crippen LogP contribution in [-0.4, -0.2) is 40.0 Å². The van der Waals surface area contributed by atoms with Crippen LogP contribution in [0.1, 0.15) is 56.7 Å². The van der Waals surface area contributed by atoms with Crippen LogP contribution >= 0.6 is 0 Å². The van der Waals surface area contributed by atoms with Crippen molar-refractivity contribution in [3.05, 3.63) is 80.3 Å². The van der Waals surface area contributed by atoms with Crippen LogP contribution in [0.5, 0.6) is 0 Å². The Hall–Kier alpha value is -3.40. The molecule has 3 aromatic rings. The summed E-state index contributed by atoms with van der Waals surface area (Å²) in [6, 6.07) is 4.97. The fourth-order valence-corrected chi connectivity index (χ4v) is 6.17. The molecule has 1 amide bonds. The second-order valence-electron chi connectivity index (χ2n) is 10.6. The van der Waals surface area contributed by atoms with Crippen molar-refractivity contribution >= 4 is 16.8 Å². The lowest BCUT2D eigenvalue weighted by Crippen LogP contribution is -2.55. The Morgan fingerprint density at radius 2 is 1.78 bits per heavy atom. The molecule has 1 saturated carbocycles. The number of hydrogen-bond acceptors (Lipinski definition) is 4. The number of carbonyl (C=O) groups is 1. The number of benzene rings is 2. The highest BCUT2D eigenvalue weighted by Crippen LogP contribution is 2.48. The molecule has 2 aliphatic heterocycles. The number of H-pyrrole nitrogens is 1. The van der Waals surface area contributed by atoms with Gasteiger partial charge in [0.25, 0.3) is 5.56 Å². The van der Waals surface area contributed by atoms with E-state index < -0.39 is 46.7 Å². The number of aromatic nitrogens is 2. The summed E-state index contributed by atoms with van der Waals surface area (Å²) in [6.45, 7) is 2.27. The van der Waals surface area contributed by atoms with Crippen molar-refractivity contribution in [3.63, 3.8) is 0 Å². The molecule has 7 nitrogen and oxygen atoms in total. The van der Waals surface area contributed by atoms with E-state index in [0.29, 0.717) is 6.04 Å². The maximum atomic E-state index is 14.4. The smallest absolute Gasteiger partial charge is 0.329 e.